The lowest BCUT2D eigenvalue weighted by Gasteiger charge is -2.27. The van der Waals surface area contributed by atoms with Crippen molar-refractivity contribution < 1.29 is 27.5 Å². The largest absolute Gasteiger partial charge is 0.427 e. The molecule has 1 heterocycles. The number of benzene rings is 3. The van der Waals surface area contributed by atoms with Crippen molar-refractivity contribution in [3.63, 3.8) is 0 Å². The second kappa shape index (κ2) is 9.99. The Morgan fingerprint density at radius 2 is 1.63 bits per heavy atom. The topological polar surface area (TPSA) is 101 Å². The number of hydrogen-bond donors (Lipinski definition) is 0. The van der Waals surface area contributed by atoms with Gasteiger partial charge < -0.3 is 4.74 Å². The lowest BCUT2D eigenvalue weighted by molar-refractivity contribution is -0.132. The highest BCUT2D eigenvalue weighted by Gasteiger charge is 2.47. The van der Waals surface area contributed by atoms with Gasteiger partial charge in [-0.25, -0.2) is 13.3 Å². The van der Waals surface area contributed by atoms with Crippen LogP contribution in [0.1, 0.15) is 18.9 Å². The number of rotatable bonds is 7. The molecule has 1 unspecified atom stereocenters. The molecule has 1 saturated heterocycles. The first kappa shape index (κ1) is 24.6. The third kappa shape index (κ3) is 5.27. The van der Waals surface area contributed by atoms with Crippen molar-refractivity contribution in [3.05, 3.63) is 89.4 Å². The molecular weight excluding hydrogens is 492 g/mol. The molecule has 10 heteroatoms. The summed E-state index contributed by atoms with van der Waals surface area (Å²) in [5.74, 6) is -1.45. The summed E-state index contributed by atoms with van der Waals surface area (Å²) in [7, 11) is -4.16. The number of nitrogens with zero attached hydrogens (tertiary/aromatic N) is 2. The molecule has 3 aromatic carbocycles. The molecule has 0 bridgehead atoms. The van der Waals surface area contributed by atoms with Crippen LogP contribution in [0.25, 0.3) is 0 Å². The number of amides is 2. The van der Waals surface area contributed by atoms with Gasteiger partial charge in [-0.1, -0.05) is 41.9 Å². The zero-order chi connectivity index (χ0) is 25.2. The minimum Gasteiger partial charge on any atom is -0.427 e. The van der Waals surface area contributed by atoms with Crippen molar-refractivity contribution in [3.8, 4) is 5.75 Å². The van der Waals surface area contributed by atoms with Crippen molar-refractivity contribution in [2.75, 3.05) is 4.90 Å². The average Bonchev–Trinajstić information content (AvgIpc) is 3.12. The Bertz CT molecular complexity index is 1360. The Hall–Kier alpha value is -3.53. The number of esters is 1. The van der Waals surface area contributed by atoms with Crippen LogP contribution >= 0.6 is 11.6 Å². The van der Waals surface area contributed by atoms with Gasteiger partial charge in [0, 0.05) is 18.5 Å². The Labute approximate surface area is 207 Å². The molecule has 3 aromatic rings. The second-order valence-corrected chi connectivity index (χ2v) is 10.2. The first-order valence-electron chi connectivity index (χ1n) is 10.6. The van der Waals surface area contributed by atoms with E-state index in [-0.39, 0.29) is 29.3 Å². The van der Waals surface area contributed by atoms with Crippen LogP contribution in [-0.4, -0.2) is 36.5 Å². The molecule has 1 aliphatic heterocycles. The molecule has 1 aliphatic rings. The predicted octanol–water partition coefficient (Wildman–Crippen LogP) is 3.79. The van der Waals surface area contributed by atoms with E-state index < -0.39 is 33.8 Å². The third-order valence-corrected chi connectivity index (χ3v) is 7.55. The summed E-state index contributed by atoms with van der Waals surface area (Å²) in [6.45, 7) is 1.16. The summed E-state index contributed by atoms with van der Waals surface area (Å²) in [4.78, 5) is 38.4. The van der Waals surface area contributed by atoms with Crippen LogP contribution in [0.2, 0.25) is 5.02 Å². The molecule has 0 N–H and O–H groups in total. The summed E-state index contributed by atoms with van der Waals surface area (Å²) >= 11 is 5.92. The van der Waals surface area contributed by atoms with Gasteiger partial charge in [-0.2, -0.15) is 4.31 Å². The average molecular weight is 513 g/mol. The Morgan fingerprint density at radius 3 is 2.23 bits per heavy atom. The van der Waals surface area contributed by atoms with Crippen molar-refractivity contribution in [1.82, 2.24) is 4.31 Å². The number of carbonyl (C=O) groups excluding carboxylic acids is 3. The van der Waals surface area contributed by atoms with E-state index in [4.69, 9.17) is 16.3 Å². The number of carbonyl (C=O) groups is 3. The Balaban J connectivity index is 1.69. The van der Waals surface area contributed by atoms with E-state index in [2.05, 4.69) is 0 Å². The van der Waals surface area contributed by atoms with E-state index in [0.29, 0.717) is 10.6 Å². The van der Waals surface area contributed by atoms with Crippen LogP contribution < -0.4 is 9.64 Å². The van der Waals surface area contributed by atoms with Crippen LogP contribution in [0.4, 0.5) is 5.69 Å². The molecule has 0 radical (unpaired) electrons. The van der Waals surface area contributed by atoms with Crippen molar-refractivity contribution >= 4 is 45.1 Å². The van der Waals surface area contributed by atoms with Gasteiger partial charge in [-0.3, -0.25) is 14.4 Å². The quantitative estimate of drug-likeness (QED) is 0.271. The van der Waals surface area contributed by atoms with E-state index in [1.54, 1.807) is 30.3 Å². The number of hydrogen-bond acceptors (Lipinski definition) is 6. The third-order valence-electron chi connectivity index (χ3n) is 5.43. The summed E-state index contributed by atoms with van der Waals surface area (Å²) < 4.78 is 33.3. The molecule has 0 aromatic heterocycles. The zero-order valence-corrected chi connectivity index (χ0v) is 20.2. The summed E-state index contributed by atoms with van der Waals surface area (Å²) in [5, 5.41) is 0.369. The van der Waals surface area contributed by atoms with Crippen LogP contribution in [0.15, 0.2) is 83.8 Å². The first-order chi connectivity index (χ1) is 16.7. The molecule has 2 amide bonds. The first-order valence-corrected chi connectivity index (χ1v) is 12.5. The molecule has 1 atom stereocenters. The molecule has 0 aliphatic carbocycles. The predicted molar refractivity (Wildman–Crippen MR) is 129 cm³/mol. The van der Waals surface area contributed by atoms with Gasteiger partial charge in [-0.15, -0.1) is 0 Å². The van der Waals surface area contributed by atoms with Gasteiger partial charge in [0.05, 0.1) is 17.0 Å². The second-order valence-electron chi connectivity index (χ2n) is 7.86. The Morgan fingerprint density at radius 1 is 1.00 bits per heavy atom. The van der Waals surface area contributed by atoms with Gasteiger partial charge in [0.25, 0.3) is 5.91 Å². The van der Waals surface area contributed by atoms with Crippen molar-refractivity contribution in [1.29, 1.82) is 0 Å². The van der Waals surface area contributed by atoms with E-state index in [0.717, 1.165) is 9.21 Å². The molecule has 180 valence electrons. The minimum atomic E-state index is -4.16. The SMILES string of the molecule is CC(=O)Oc1ccc(N2C(=O)CC(N(Cc3ccccc3)S(=O)(=O)c3ccc(Cl)cc3)C2=O)cc1. The highest BCUT2D eigenvalue weighted by atomic mass is 35.5. The minimum absolute atomic E-state index is 0.0396. The maximum absolute atomic E-state index is 13.6. The molecule has 1 fully saturated rings. The van der Waals surface area contributed by atoms with Crippen LogP contribution in [-0.2, 0) is 31.0 Å². The van der Waals surface area contributed by atoms with Gasteiger partial charge in [-0.05, 0) is 54.1 Å². The van der Waals surface area contributed by atoms with Gasteiger partial charge in [0.15, 0.2) is 0 Å². The molecule has 35 heavy (non-hydrogen) atoms. The summed E-state index contributed by atoms with van der Waals surface area (Å²) in [6, 6.07) is 19.1. The zero-order valence-electron chi connectivity index (χ0n) is 18.6. The van der Waals surface area contributed by atoms with Crippen molar-refractivity contribution in [2.24, 2.45) is 0 Å². The maximum atomic E-state index is 13.6. The smallest absolute Gasteiger partial charge is 0.308 e. The number of halogens is 1. The number of sulfonamides is 1. The molecule has 8 nitrogen and oxygen atoms in total. The molecule has 0 spiro atoms. The fourth-order valence-electron chi connectivity index (χ4n) is 3.81. The fourth-order valence-corrected chi connectivity index (χ4v) is 5.50. The van der Waals surface area contributed by atoms with Gasteiger partial charge >= 0.3 is 5.97 Å². The molecular formula is C25H21ClN2O6S. The lowest BCUT2D eigenvalue weighted by atomic mass is 10.2. The molecule has 0 saturated carbocycles. The van der Waals surface area contributed by atoms with E-state index in [1.807, 2.05) is 0 Å². The molecule has 4 rings (SSSR count). The highest BCUT2D eigenvalue weighted by Crippen LogP contribution is 2.31. The maximum Gasteiger partial charge on any atom is 0.308 e. The van der Waals surface area contributed by atoms with Gasteiger partial charge in [0.2, 0.25) is 15.9 Å². The standard InChI is InChI=1S/C25H21ClN2O6S/c1-17(29)34-21-11-9-20(10-12-21)28-24(30)15-23(25(28)31)27(16-18-5-3-2-4-6-18)35(32,33)22-13-7-19(26)8-14-22/h2-14,23H,15-16H2,1H3. The van der Waals surface area contributed by atoms with E-state index in [1.165, 1.54) is 55.5 Å². The summed E-state index contributed by atoms with van der Waals surface area (Å²) in [6.07, 6.45) is -0.315. The van der Waals surface area contributed by atoms with E-state index in [9.17, 15) is 22.8 Å². The van der Waals surface area contributed by atoms with Crippen LogP contribution in [0.3, 0.4) is 0 Å². The highest BCUT2D eigenvalue weighted by molar-refractivity contribution is 7.89. The number of imide groups is 1. The summed E-state index contributed by atoms with van der Waals surface area (Å²) in [5.41, 5.74) is 0.913. The Kier molecular flexibility index (Phi) is 7.02. The number of ether oxygens (including phenoxy) is 1. The van der Waals surface area contributed by atoms with Crippen LogP contribution in [0.5, 0.6) is 5.75 Å². The van der Waals surface area contributed by atoms with E-state index >= 15 is 0 Å². The lowest BCUT2D eigenvalue weighted by Crippen LogP contribution is -2.45. The van der Waals surface area contributed by atoms with Crippen LogP contribution in [0, 0.1) is 0 Å². The monoisotopic (exact) mass is 512 g/mol. The normalized spacial score (nSPS) is 16.1. The fraction of sp³-hybridized carbons (Fsp3) is 0.160. The van der Waals surface area contributed by atoms with Gasteiger partial charge in [0.1, 0.15) is 11.8 Å². The van der Waals surface area contributed by atoms with Crippen molar-refractivity contribution in [2.45, 2.75) is 30.8 Å². The number of anilines is 1.